The lowest BCUT2D eigenvalue weighted by Gasteiger charge is -2.07. The van der Waals surface area contributed by atoms with Crippen molar-refractivity contribution in [3.8, 4) is 17.2 Å². The molecule has 0 amide bonds. The van der Waals surface area contributed by atoms with Gasteiger partial charge in [0.25, 0.3) is 0 Å². The number of phenolic OH excluding ortho intramolecular Hbond substituents is 3. The first-order chi connectivity index (χ1) is 7.13. The van der Waals surface area contributed by atoms with Gasteiger partial charge in [0, 0.05) is 5.39 Å². The standard InChI is InChI=1S/C12H12O3/c1-2-7-3-4-8-6-10(13)12(15)11(14)9(8)5-7/h3-6,13-15H,2H2,1H3. The fraction of sp³-hybridized carbons (Fsp3) is 0.167. The van der Waals surface area contributed by atoms with E-state index in [9.17, 15) is 15.3 Å². The number of aromatic hydroxyl groups is 3. The van der Waals surface area contributed by atoms with Crippen molar-refractivity contribution in [2.75, 3.05) is 0 Å². The Kier molecular flexibility index (Phi) is 2.15. The van der Waals surface area contributed by atoms with Gasteiger partial charge in [0.2, 0.25) is 5.75 Å². The topological polar surface area (TPSA) is 60.7 Å². The third-order valence-corrected chi connectivity index (χ3v) is 2.54. The lowest BCUT2D eigenvalue weighted by molar-refractivity contribution is 0.371. The summed E-state index contributed by atoms with van der Waals surface area (Å²) in [5.41, 5.74) is 1.07. The number of hydrogen-bond acceptors (Lipinski definition) is 3. The molecular weight excluding hydrogens is 192 g/mol. The molecule has 2 aromatic carbocycles. The van der Waals surface area contributed by atoms with Gasteiger partial charge in [-0.3, -0.25) is 0 Å². The Morgan fingerprint density at radius 2 is 1.73 bits per heavy atom. The molecule has 78 valence electrons. The monoisotopic (exact) mass is 204 g/mol. The van der Waals surface area contributed by atoms with E-state index in [0.717, 1.165) is 12.0 Å². The molecule has 0 bridgehead atoms. The minimum Gasteiger partial charge on any atom is -0.504 e. The normalized spacial score (nSPS) is 10.7. The second-order valence-electron chi connectivity index (χ2n) is 3.50. The number of hydrogen-bond donors (Lipinski definition) is 3. The van der Waals surface area contributed by atoms with Crippen molar-refractivity contribution >= 4 is 10.8 Å². The molecule has 15 heavy (non-hydrogen) atoms. The molecule has 0 aliphatic carbocycles. The Hall–Kier alpha value is -1.90. The summed E-state index contributed by atoms with van der Waals surface area (Å²) in [6, 6.07) is 6.99. The van der Waals surface area contributed by atoms with Gasteiger partial charge in [0.1, 0.15) is 0 Å². The zero-order chi connectivity index (χ0) is 11.0. The molecule has 0 aliphatic heterocycles. The van der Waals surface area contributed by atoms with Crippen LogP contribution in [0.15, 0.2) is 24.3 Å². The van der Waals surface area contributed by atoms with Crippen molar-refractivity contribution in [3.63, 3.8) is 0 Å². The van der Waals surface area contributed by atoms with Crippen LogP contribution in [0.4, 0.5) is 0 Å². The van der Waals surface area contributed by atoms with E-state index in [-0.39, 0.29) is 11.5 Å². The van der Waals surface area contributed by atoms with Gasteiger partial charge in [-0.15, -0.1) is 0 Å². The lowest BCUT2D eigenvalue weighted by atomic mass is 10.0. The molecule has 3 N–H and O–H groups in total. The van der Waals surface area contributed by atoms with Gasteiger partial charge in [0.15, 0.2) is 11.5 Å². The summed E-state index contributed by atoms with van der Waals surface area (Å²) in [5.74, 6) is -1.03. The molecule has 0 atom stereocenters. The Morgan fingerprint density at radius 3 is 2.40 bits per heavy atom. The van der Waals surface area contributed by atoms with E-state index < -0.39 is 5.75 Å². The van der Waals surface area contributed by atoms with Crippen LogP contribution in [0.1, 0.15) is 12.5 Å². The van der Waals surface area contributed by atoms with Gasteiger partial charge in [-0.2, -0.15) is 0 Å². The lowest BCUT2D eigenvalue weighted by Crippen LogP contribution is -1.82. The Labute approximate surface area is 87.2 Å². The fourth-order valence-electron chi connectivity index (χ4n) is 1.62. The van der Waals surface area contributed by atoms with E-state index >= 15 is 0 Å². The molecule has 0 heterocycles. The van der Waals surface area contributed by atoms with Crippen LogP contribution in [0.5, 0.6) is 17.2 Å². The average molecular weight is 204 g/mol. The van der Waals surface area contributed by atoms with Gasteiger partial charge < -0.3 is 15.3 Å². The van der Waals surface area contributed by atoms with Crippen LogP contribution in [-0.2, 0) is 6.42 Å². The molecule has 0 fully saturated rings. The zero-order valence-electron chi connectivity index (χ0n) is 8.36. The Balaban J connectivity index is 2.81. The molecule has 2 rings (SSSR count). The molecule has 0 aromatic heterocycles. The van der Waals surface area contributed by atoms with E-state index in [1.54, 1.807) is 0 Å². The third-order valence-electron chi connectivity index (χ3n) is 2.54. The summed E-state index contributed by atoms with van der Waals surface area (Å²) in [6.45, 7) is 2.01. The van der Waals surface area contributed by atoms with E-state index in [2.05, 4.69) is 0 Å². The highest BCUT2D eigenvalue weighted by Gasteiger charge is 2.10. The highest BCUT2D eigenvalue weighted by molar-refractivity contribution is 5.92. The summed E-state index contributed by atoms with van der Waals surface area (Å²) in [7, 11) is 0. The quantitative estimate of drug-likeness (QED) is 0.625. The van der Waals surface area contributed by atoms with E-state index in [0.29, 0.717) is 10.8 Å². The maximum atomic E-state index is 9.65. The first kappa shape index (κ1) is 9.65. The summed E-state index contributed by atoms with van der Waals surface area (Å²) >= 11 is 0. The second kappa shape index (κ2) is 3.35. The zero-order valence-corrected chi connectivity index (χ0v) is 8.36. The van der Waals surface area contributed by atoms with E-state index in [1.807, 2.05) is 25.1 Å². The fourth-order valence-corrected chi connectivity index (χ4v) is 1.62. The van der Waals surface area contributed by atoms with Crippen molar-refractivity contribution in [3.05, 3.63) is 29.8 Å². The minimum atomic E-state index is -0.462. The smallest absolute Gasteiger partial charge is 0.200 e. The third kappa shape index (κ3) is 1.46. The number of rotatable bonds is 1. The van der Waals surface area contributed by atoms with Crippen LogP contribution in [-0.4, -0.2) is 15.3 Å². The summed E-state index contributed by atoms with van der Waals surface area (Å²) < 4.78 is 0. The average Bonchev–Trinajstić information content (AvgIpc) is 2.26. The van der Waals surface area contributed by atoms with Crippen LogP contribution >= 0.6 is 0 Å². The van der Waals surface area contributed by atoms with Crippen molar-refractivity contribution in [1.29, 1.82) is 0 Å². The van der Waals surface area contributed by atoms with Crippen molar-refractivity contribution < 1.29 is 15.3 Å². The predicted octanol–water partition coefficient (Wildman–Crippen LogP) is 2.52. The summed E-state index contributed by atoms with van der Waals surface area (Å²) in [5, 5.41) is 29.6. The maximum Gasteiger partial charge on any atom is 0.200 e. The van der Waals surface area contributed by atoms with Crippen LogP contribution in [0, 0.1) is 0 Å². The van der Waals surface area contributed by atoms with Crippen molar-refractivity contribution in [2.24, 2.45) is 0 Å². The summed E-state index contributed by atoms with van der Waals surface area (Å²) in [6.07, 6.45) is 0.858. The Bertz CT molecular complexity index is 518. The molecule has 3 nitrogen and oxygen atoms in total. The van der Waals surface area contributed by atoms with E-state index in [4.69, 9.17) is 0 Å². The van der Waals surface area contributed by atoms with Crippen LogP contribution in [0.3, 0.4) is 0 Å². The number of fused-ring (bicyclic) bond motifs is 1. The highest BCUT2D eigenvalue weighted by Crippen LogP contribution is 2.41. The largest absolute Gasteiger partial charge is 0.504 e. The van der Waals surface area contributed by atoms with E-state index in [1.165, 1.54) is 6.07 Å². The molecule has 2 aromatic rings. The van der Waals surface area contributed by atoms with Crippen molar-refractivity contribution in [2.45, 2.75) is 13.3 Å². The minimum absolute atomic E-state index is 0.264. The van der Waals surface area contributed by atoms with Gasteiger partial charge in [-0.05, 0) is 29.5 Å². The number of benzene rings is 2. The van der Waals surface area contributed by atoms with Gasteiger partial charge in [-0.1, -0.05) is 19.1 Å². The van der Waals surface area contributed by atoms with Crippen molar-refractivity contribution in [1.82, 2.24) is 0 Å². The van der Waals surface area contributed by atoms with Gasteiger partial charge in [0.05, 0.1) is 0 Å². The molecule has 0 unspecified atom stereocenters. The van der Waals surface area contributed by atoms with Crippen LogP contribution < -0.4 is 0 Å². The van der Waals surface area contributed by atoms with Crippen LogP contribution in [0.25, 0.3) is 10.8 Å². The van der Waals surface area contributed by atoms with Gasteiger partial charge in [-0.25, -0.2) is 0 Å². The maximum absolute atomic E-state index is 9.65. The second-order valence-corrected chi connectivity index (χ2v) is 3.50. The number of phenols is 3. The molecule has 0 spiro atoms. The first-order valence-electron chi connectivity index (χ1n) is 4.80. The molecular formula is C12H12O3. The highest BCUT2D eigenvalue weighted by atomic mass is 16.3. The van der Waals surface area contributed by atoms with Gasteiger partial charge >= 0.3 is 0 Å². The molecule has 3 heteroatoms. The Morgan fingerprint density at radius 1 is 1.00 bits per heavy atom. The number of aryl methyl sites for hydroxylation is 1. The SMILES string of the molecule is CCc1ccc2cc(O)c(O)c(O)c2c1. The molecule has 0 saturated heterocycles. The predicted molar refractivity (Wildman–Crippen MR) is 58.3 cm³/mol. The first-order valence-corrected chi connectivity index (χ1v) is 4.80. The molecule has 0 saturated carbocycles. The molecule has 0 radical (unpaired) electrons. The van der Waals surface area contributed by atoms with Crippen LogP contribution in [0.2, 0.25) is 0 Å². The molecule has 0 aliphatic rings. The summed E-state index contributed by atoms with van der Waals surface area (Å²) in [4.78, 5) is 0.